The van der Waals surface area contributed by atoms with Gasteiger partial charge in [0.25, 0.3) is 0 Å². The van der Waals surface area contributed by atoms with Gasteiger partial charge >= 0.3 is 0 Å². The molecular weight excluding hydrogens is 613 g/mol. The van der Waals surface area contributed by atoms with E-state index >= 15 is 0 Å². The highest BCUT2D eigenvalue weighted by molar-refractivity contribution is 7.21. The summed E-state index contributed by atoms with van der Waals surface area (Å²) < 4.78 is 1.21. The largest absolute Gasteiger partial charge is 0.247 e. The summed E-state index contributed by atoms with van der Waals surface area (Å²) in [5.74, 6) is 0. The van der Waals surface area contributed by atoms with Gasteiger partial charge in [0, 0.05) is 27.3 Å². The third kappa shape index (κ3) is 4.70. The number of nitrogens with zero attached hydrogens (tertiary/aromatic N) is 2. The molecule has 0 aliphatic rings. The monoisotopic (exact) mass is 640 g/mol. The fourth-order valence-corrected chi connectivity index (χ4v) is 8.26. The Kier molecular flexibility index (Phi) is 6.39. The van der Waals surface area contributed by atoms with E-state index in [0.29, 0.717) is 0 Å². The average molecular weight is 641 g/mol. The molecule has 2 heterocycles. The summed E-state index contributed by atoms with van der Waals surface area (Å²) in [6.07, 6.45) is 0. The van der Waals surface area contributed by atoms with E-state index in [1.807, 2.05) is 6.07 Å². The molecule has 0 aliphatic carbocycles. The third-order valence-corrected chi connectivity index (χ3v) is 10.8. The highest BCUT2D eigenvalue weighted by Gasteiger charge is 2.16. The number of fused-ring (bicyclic) bond motifs is 7. The van der Waals surface area contributed by atoms with Crippen LogP contribution < -0.4 is 0 Å². The van der Waals surface area contributed by atoms with Crippen molar-refractivity contribution in [2.45, 2.75) is 0 Å². The highest BCUT2D eigenvalue weighted by Crippen LogP contribution is 2.40. The molecule has 3 heteroatoms. The standard InChI is InChI=1S/C46H28N2S/c1-3-14-36-30(9-1)11-8-16-37(36)34-24-26-41-40(28-34)44-38-15-4-2-10-31(38)23-25-39(44)45(47-41)35-13-7-12-33(27-35)29-19-21-32(22-20-29)46-48-42-17-5-6-18-43(42)49-46/h1-28H. The van der Waals surface area contributed by atoms with Crippen LogP contribution in [-0.4, -0.2) is 9.97 Å². The van der Waals surface area contributed by atoms with Crippen LogP contribution in [0.25, 0.3) is 97.5 Å². The van der Waals surface area contributed by atoms with Crippen LogP contribution in [-0.2, 0) is 0 Å². The first-order valence-electron chi connectivity index (χ1n) is 16.6. The summed E-state index contributed by atoms with van der Waals surface area (Å²) in [5, 5.41) is 9.58. The maximum atomic E-state index is 5.38. The minimum Gasteiger partial charge on any atom is -0.247 e. The van der Waals surface area contributed by atoms with Gasteiger partial charge in [0.15, 0.2) is 0 Å². The lowest BCUT2D eigenvalue weighted by molar-refractivity contribution is 1.43. The Labute approximate surface area is 287 Å². The van der Waals surface area contributed by atoms with Gasteiger partial charge < -0.3 is 0 Å². The second kappa shape index (κ2) is 11.2. The lowest BCUT2D eigenvalue weighted by atomic mass is 9.92. The maximum Gasteiger partial charge on any atom is 0.124 e. The summed E-state index contributed by atoms with van der Waals surface area (Å²) in [6, 6.07) is 61.0. The smallest absolute Gasteiger partial charge is 0.124 e. The normalized spacial score (nSPS) is 11.7. The van der Waals surface area contributed by atoms with Crippen molar-refractivity contribution in [2.75, 3.05) is 0 Å². The Hall–Kier alpha value is -6.16. The average Bonchev–Trinajstić information content (AvgIpc) is 3.62. The molecule has 0 saturated heterocycles. The molecule has 0 radical (unpaired) electrons. The fraction of sp³-hybridized carbons (Fsp3) is 0. The molecule has 0 N–H and O–H groups in total. The minimum absolute atomic E-state index is 0.994. The van der Waals surface area contributed by atoms with Crippen LogP contribution in [0.2, 0.25) is 0 Å². The Bertz CT molecular complexity index is 2840. The van der Waals surface area contributed by atoms with E-state index in [9.17, 15) is 0 Å². The van der Waals surface area contributed by atoms with E-state index in [1.54, 1.807) is 11.3 Å². The van der Waals surface area contributed by atoms with Crippen molar-refractivity contribution in [1.29, 1.82) is 0 Å². The van der Waals surface area contributed by atoms with Gasteiger partial charge in [-0.1, -0.05) is 140 Å². The van der Waals surface area contributed by atoms with E-state index in [-0.39, 0.29) is 0 Å². The van der Waals surface area contributed by atoms with Crippen LogP contribution in [0, 0.1) is 0 Å². The van der Waals surface area contributed by atoms with Crippen LogP contribution in [0.3, 0.4) is 0 Å². The Morgan fingerprint density at radius 2 is 1.06 bits per heavy atom. The number of hydrogen-bond acceptors (Lipinski definition) is 3. The zero-order valence-corrected chi connectivity index (χ0v) is 27.3. The quantitative estimate of drug-likeness (QED) is 0.179. The van der Waals surface area contributed by atoms with Crippen LogP contribution in [0.15, 0.2) is 170 Å². The van der Waals surface area contributed by atoms with Crippen molar-refractivity contribution < 1.29 is 0 Å². The number of aromatic nitrogens is 2. The van der Waals surface area contributed by atoms with Crippen molar-refractivity contribution in [1.82, 2.24) is 9.97 Å². The third-order valence-electron chi connectivity index (χ3n) is 9.68. The molecule has 49 heavy (non-hydrogen) atoms. The van der Waals surface area contributed by atoms with Gasteiger partial charge in [-0.25, -0.2) is 9.97 Å². The zero-order chi connectivity index (χ0) is 32.3. The Morgan fingerprint density at radius 1 is 0.367 bits per heavy atom. The van der Waals surface area contributed by atoms with E-state index in [0.717, 1.165) is 43.8 Å². The Morgan fingerprint density at radius 3 is 1.94 bits per heavy atom. The van der Waals surface area contributed by atoms with Crippen molar-refractivity contribution in [3.05, 3.63) is 170 Å². The molecule has 0 unspecified atom stereocenters. The van der Waals surface area contributed by atoms with Gasteiger partial charge in [-0.2, -0.15) is 0 Å². The van der Waals surface area contributed by atoms with E-state index in [4.69, 9.17) is 9.97 Å². The first kappa shape index (κ1) is 27.9. The summed E-state index contributed by atoms with van der Waals surface area (Å²) >= 11 is 1.73. The summed E-state index contributed by atoms with van der Waals surface area (Å²) in [6.45, 7) is 0. The first-order valence-corrected chi connectivity index (χ1v) is 17.4. The number of rotatable bonds is 4. The van der Waals surface area contributed by atoms with Crippen LogP contribution in [0.5, 0.6) is 0 Å². The molecule has 10 rings (SSSR count). The molecule has 0 aliphatic heterocycles. The van der Waals surface area contributed by atoms with Gasteiger partial charge in [0.1, 0.15) is 5.01 Å². The van der Waals surface area contributed by atoms with Gasteiger partial charge in [-0.3, -0.25) is 0 Å². The van der Waals surface area contributed by atoms with Gasteiger partial charge in [-0.05, 0) is 74.1 Å². The maximum absolute atomic E-state index is 5.38. The van der Waals surface area contributed by atoms with Crippen molar-refractivity contribution in [3.8, 4) is 44.1 Å². The second-order valence-electron chi connectivity index (χ2n) is 12.6. The molecule has 0 spiro atoms. The van der Waals surface area contributed by atoms with E-state index in [1.165, 1.54) is 53.7 Å². The number of para-hydroxylation sites is 1. The topological polar surface area (TPSA) is 25.8 Å². The number of pyridine rings is 1. The van der Waals surface area contributed by atoms with Gasteiger partial charge in [-0.15, -0.1) is 11.3 Å². The first-order chi connectivity index (χ1) is 24.3. The molecular formula is C46H28N2S. The number of hydrogen-bond donors (Lipinski definition) is 0. The van der Waals surface area contributed by atoms with E-state index in [2.05, 4.69) is 164 Å². The minimum atomic E-state index is 0.994. The van der Waals surface area contributed by atoms with E-state index < -0.39 is 0 Å². The van der Waals surface area contributed by atoms with Gasteiger partial charge in [0.2, 0.25) is 0 Å². The van der Waals surface area contributed by atoms with Crippen molar-refractivity contribution in [3.63, 3.8) is 0 Å². The molecule has 228 valence electrons. The predicted octanol–water partition coefficient (Wildman–Crippen LogP) is 13.0. The molecule has 0 atom stereocenters. The summed E-state index contributed by atoms with van der Waals surface area (Å²) in [7, 11) is 0. The van der Waals surface area contributed by atoms with Crippen LogP contribution in [0.4, 0.5) is 0 Å². The number of benzene rings is 8. The zero-order valence-electron chi connectivity index (χ0n) is 26.5. The summed E-state index contributed by atoms with van der Waals surface area (Å²) in [5.41, 5.74) is 10.0. The molecule has 0 bridgehead atoms. The van der Waals surface area contributed by atoms with Crippen molar-refractivity contribution >= 4 is 64.8 Å². The Balaban J connectivity index is 1.12. The molecule has 8 aromatic carbocycles. The van der Waals surface area contributed by atoms with Crippen LogP contribution in [0.1, 0.15) is 0 Å². The molecule has 2 aromatic heterocycles. The molecule has 0 saturated carbocycles. The predicted molar refractivity (Wildman–Crippen MR) is 209 cm³/mol. The van der Waals surface area contributed by atoms with Crippen LogP contribution >= 0.6 is 11.3 Å². The molecule has 0 amide bonds. The van der Waals surface area contributed by atoms with Gasteiger partial charge in [0.05, 0.1) is 21.4 Å². The lowest BCUT2D eigenvalue weighted by Gasteiger charge is -2.15. The second-order valence-corrected chi connectivity index (χ2v) is 13.6. The summed E-state index contributed by atoms with van der Waals surface area (Å²) in [4.78, 5) is 10.2. The lowest BCUT2D eigenvalue weighted by Crippen LogP contribution is -1.92. The molecule has 0 fully saturated rings. The highest BCUT2D eigenvalue weighted by atomic mass is 32.1. The molecule has 2 nitrogen and oxygen atoms in total. The van der Waals surface area contributed by atoms with Crippen molar-refractivity contribution in [2.24, 2.45) is 0 Å². The number of thiazole rings is 1. The SMILES string of the molecule is c1cc(-c2ccc(-c3nc4ccccc4s3)cc2)cc(-c2nc3ccc(-c4cccc5ccccc45)cc3c3c2ccc2ccccc23)c1. The fourth-order valence-electron chi connectivity index (χ4n) is 7.29. The molecule has 10 aromatic rings.